The van der Waals surface area contributed by atoms with Crippen LogP contribution in [0.1, 0.15) is 29.7 Å². The molecule has 0 aliphatic carbocycles. The minimum absolute atomic E-state index is 0.231. The Hall–Kier alpha value is -1.78. The SMILES string of the molecule is CC(O)(c1cc(F)cc(F)c1)C1NCCc2ccccc21. The topological polar surface area (TPSA) is 32.3 Å². The van der Waals surface area contributed by atoms with E-state index >= 15 is 0 Å². The van der Waals surface area contributed by atoms with Crippen LogP contribution in [0.25, 0.3) is 0 Å². The standard InChI is InChI=1S/C17H17F2NO/c1-17(21,12-8-13(18)10-14(19)9-12)16-15-5-3-2-4-11(15)6-7-20-16/h2-5,8-10,16,20-21H,6-7H2,1H3. The van der Waals surface area contributed by atoms with Crippen LogP contribution in [0.15, 0.2) is 42.5 Å². The fourth-order valence-corrected chi connectivity index (χ4v) is 3.02. The van der Waals surface area contributed by atoms with Crippen LogP contribution in [0.5, 0.6) is 0 Å². The van der Waals surface area contributed by atoms with Gasteiger partial charge in [0.25, 0.3) is 0 Å². The van der Waals surface area contributed by atoms with Crippen LogP contribution in [0.2, 0.25) is 0 Å². The Balaban J connectivity index is 2.06. The first-order valence-corrected chi connectivity index (χ1v) is 6.98. The summed E-state index contributed by atoms with van der Waals surface area (Å²) in [6.45, 7) is 2.30. The van der Waals surface area contributed by atoms with Crippen molar-refractivity contribution in [3.8, 4) is 0 Å². The van der Waals surface area contributed by atoms with Gasteiger partial charge in [-0.15, -0.1) is 0 Å². The molecule has 2 nitrogen and oxygen atoms in total. The van der Waals surface area contributed by atoms with Crippen molar-refractivity contribution in [3.05, 3.63) is 70.8 Å². The molecule has 2 atom stereocenters. The number of hydrogen-bond acceptors (Lipinski definition) is 2. The molecule has 2 N–H and O–H groups in total. The van der Waals surface area contributed by atoms with Crippen LogP contribution in [-0.2, 0) is 12.0 Å². The molecule has 4 heteroatoms. The molecule has 1 aliphatic heterocycles. The highest BCUT2D eigenvalue weighted by atomic mass is 19.1. The molecule has 110 valence electrons. The van der Waals surface area contributed by atoms with Gasteiger partial charge in [0.15, 0.2) is 0 Å². The summed E-state index contributed by atoms with van der Waals surface area (Å²) < 4.78 is 26.9. The first-order valence-electron chi connectivity index (χ1n) is 6.98. The summed E-state index contributed by atoms with van der Waals surface area (Å²) in [7, 11) is 0. The van der Waals surface area contributed by atoms with Gasteiger partial charge in [0.05, 0.1) is 6.04 Å². The first-order chi connectivity index (χ1) is 9.98. The summed E-state index contributed by atoms with van der Waals surface area (Å²) in [5, 5.41) is 14.2. The summed E-state index contributed by atoms with van der Waals surface area (Å²) in [6.07, 6.45) is 0.875. The summed E-state index contributed by atoms with van der Waals surface area (Å²) in [5.74, 6) is -1.37. The Kier molecular flexibility index (Phi) is 3.51. The minimum Gasteiger partial charge on any atom is -0.383 e. The fraction of sp³-hybridized carbons (Fsp3) is 0.294. The fourth-order valence-electron chi connectivity index (χ4n) is 3.02. The average Bonchev–Trinajstić information content (AvgIpc) is 2.45. The van der Waals surface area contributed by atoms with Crippen molar-refractivity contribution < 1.29 is 13.9 Å². The van der Waals surface area contributed by atoms with Crippen molar-refractivity contribution >= 4 is 0 Å². The van der Waals surface area contributed by atoms with Gasteiger partial charge in [-0.05, 0) is 48.7 Å². The van der Waals surface area contributed by atoms with Crippen molar-refractivity contribution in [2.24, 2.45) is 0 Å². The molecule has 21 heavy (non-hydrogen) atoms. The smallest absolute Gasteiger partial charge is 0.126 e. The zero-order chi connectivity index (χ0) is 15.0. The van der Waals surface area contributed by atoms with Crippen LogP contribution in [0.4, 0.5) is 8.78 Å². The number of nitrogens with one attached hydrogen (secondary N) is 1. The normalized spacial score (nSPS) is 20.7. The number of rotatable bonds is 2. The van der Waals surface area contributed by atoms with Crippen molar-refractivity contribution in [2.75, 3.05) is 6.54 Å². The van der Waals surface area contributed by atoms with Gasteiger partial charge in [-0.25, -0.2) is 8.78 Å². The predicted molar refractivity (Wildman–Crippen MR) is 76.8 cm³/mol. The molecule has 0 saturated heterocycles. The largest absolute Gasteiger partial charge is 0.383 e. The molecular weight excluding hydrogens is 272 g/mol. The second-order valence-corrected chi connectivity index (χ2v) is 5.64. The van der Waals surface area contributed by atoms with E-state index in [1.54, 1.807) is 6.92 Å². The molecule has 2 aromatic carbocycles. The number of hydrogen-bond donors (Lipinski definition) is 2. The van der Waals surface area contributed by atoms with Gasteiger partial charge in [0.2, 0.25) is 0 Å². The second-order valence-electron chi connectivity index (χ2n) is 5.64. The van der Waals surface area contributed by atoms with Crippen LogP contribution >= 0.6 is 0 Å². The van der Waals surface area contributed by atoms with E-state index in [1.807, 2.05) is 24.3 Å². The summed E-state index contributed by atoms with van der Waals surface area (Å²) in [6, 6.07) is 10.6. The summed E-state index contributed by atoms with van der Waals surface area (Å²) >= 11 is 0. The van der Waals surface area contributed by atoms with E-state index in [4.69, 9.17) is 0 Å². The molecule has 0 saturated carbocycles. The number of fused-ring (bicyclic) bond motifs is 1. The molecule has 1 aliphatic rings. The summed E-state index contributed by atoms with van der Waals surface area (Å²) in [4.78, 5) is 0. The molecule has 0 bridgehead atoms. The third-order valence-electron chi connectivity index (χ3n) is 4.12. The molecule has 2 unspecified atom stereocenters. The van der Waals surface area contributed by atoms with Crippen LogP contribution < -0.4 is 5.32 Å². The second kappa shape index (κ2) is 5.20. The van der Waals surface area contributed by atoms with Crippen LogP contribution in [0, 0.1) is 11.6 Å². The third-order valence-corrected chi connectivity index (χ3v) is 4.12. The van der Waals surface area contributed by atoms with E-state index in [2.05, 4.69) is 5.32 Å². The van der Waals surface area contributed by atoms with Crippen molar-refractivity contribution in [1.82, 2.24) is 5.32 Å². The van der Waals surface area contributed by atoms with Gasteiger partial charge in [-0.2, -0.15) is 0 Å². The van der Waals surface area contributed by atoms with E-state index in [0.29, 0.717) is 0 Å². The lowest BCUT2D eigenvalue weighted by Crippen LogP contribution is -2.43. The van der Waals surface area contributed by atoms with Crippen molar-refractivity contribution in [1.29, 1.82) is 0 Å². The van der Waals surface area contributed by atoms with Gasteiger partial charge in [0, 0.05) is 6.07 Å². The number of benzene rings is 2. The van der Waals surface area contributed by atoms with Gasteiger partial charge < -0.3 is 10.4 Å². The van der Waals surface area contributed by atoms with Crippen LogP contribution in [-0.4, -0.2) is 11.7 Å². The molecule has 0 fully saturated rings. The van der Waals surface area contributed by atoms with Crippen molar-refractivity contribution in [2.45, 2.75) is 25.0 Å². The van der Waals surface area contributed by atoms with Gasteiger partial charge in [-0.1, -0.05) is 24.3 Å². The molecule has 0 aromatic heterocycles. The highest BCUT2D eigenvalue weighted by Gasteiger charge is 2.37. The zero-order valence-electron chi connectivity index (χ0n) is 11.7. The van der Waals surface area contributed by atoms with E-state index in [-0.39, 0.29) is 5.56 Å². The Morgan fingerprint density at radius 1 is 1.14 bits per heavy atom. The lowest BCUT2D eigenvalue weighted by atomic mass is 9.80. The molecule has 0 radical (unpaired) electrons. The number of halogens is 2. The van der Waals surface area contributed by atoms with E-state index in [0.717, 1.165) is 30.2 Å². The molecule has 0 spiro atoms. The van der Waals surface area contributed by atoms with Crippen molar-refractivity contribution in [3.63, 3.8) is 0 Å². The maximum atomic E-state index is 13.4. The average molecular weight is 289 g/mol. The monoisotopic (exact) mass is 289 g/mol. The molecule has 3 rings (SSSR count). The van der Waals surface area contributed by atoms with Gasteiger partial charge >= 0.3 is 0 Å². The van der Waals surface area contributed by atoms with Gasteiger partial charge in [-0.3, -0.25) is 0 Å². The Morgan fingerprint density at radius 3 is 2.52 bits per heavy atom. The Bertz CT molecular complexity index is 649. The highest BCUT2D eigenvalue weighted by Crippen LogP contribution is 2.38. The molecule has 0 amide bonds. The Labute approximate surface area is 122 Å². The van der Waals surface area contributed by atoms with E-state index < -0.39 is 23.3 Å². The Morgan fingerprint density at radius 2 is 1.81 bits per heavy atom. The lowest BCUT2D eigenvalue weighted by Gasteiger charge is -2.38. The lowest BCUT2D eigenvalue weighted by molar-refractivity contribution is 0.0113. The quantitative estimate of drug-likeness (QED) is 0.890. The maximum Gasteiger partial charge on any atom is 0.126 e. The van der Waals surface area contributed by atoms with Crippen LogP contribution in [0.3, 0.4) is 0 Å². The van der Waals surface area contributed by atoms with E-state index in [1.165, 1.54) is 12.1 Å². The first kappa shape index (κ1) is 14.2. The van der Waals surface area contributed by atoms with Gasteiger partial charge in [0.1, 0.15) is 17.2 Å². The number of aliphatic hydroxyl groups is 1. The maximum absolute atomic E-state index is 13.4. The molecule has 2 aromatic rings. The molecule has 1 heterocycles. The predicted octanol–water partition coefficient (Wildman–Crippen LogP) is 3.06. The summed E-state index contributed by atoms with van der Waals surface area (Å²) in [5.41, 5.74) is 0.949. The zero-order valence-corrected chi connectivity index (χ0v) is 11.7. The highest BCUT2D eigenvalue weighted by molar-refractivity contribution is 5.37. The third kappa shape index (κ3) is 2.57. The minimum atomic E-state index is -1.40. The van der Waals surface area contributed by atoms with E-state index in [9.17, 15) is 13.9 Å². The molecular formula is C17H17F2NO.